The standard InChI is InChI=1S/C18H22N4O3/c1-5-20(6-2)16(23)11-21-18(24)22-15-8-7-14(25-4)10-13(15)9-12(3)17(22)19-21/h7-10H,5-6,11H2,1-4H3. The smallest absolute Gasteiger partial charge is 0.351 e. The van der Waals surface area contributed by atoms with E-state index < -0.39 is 0 Å². The summed E-state index contributed by atoms with van der Waals surface area (Å²) in [5.41, 5.74) is 1.87. The van der Waals surface area contributed by atoms with Gasteiger partial charge in [-0.2, -0.15) is 0 Å². The van der Waals surface area contributed by atoms with Crippen molar-refractivity contribution in [3.63, 3.8) is 0 Å². The molecule has 0 aliphatic rings. The molecule has 7 heteroatoms. The molecule has 0 fully saturated rings. The van der Waals surface area contributed by atoms with Crippen molar-refractivity contribution in [2.45, 2.75) is 27.3 Å². The maximum atomic E-state index is 12.8. The van der Waals surface area contributed by atoms with Crippen LogP contribution in [0.15, 0.2) is 29.1 Å². The van der Waals surface area contributed by atoms with E-state index in [1.807, 2.05) is 45.0 Å². The number of methoxy groups -OCH3 is 1. The van der Waals surface area contributed by atoms with E-state index in [0.717, 1.165) is 22.2 Å². The second kappa shape index (κ2) is 6.58. The molecule has 0 N–H and O–H groups in total. The Morgan fingerprint density at radius 3 is 2.60 bits per heavy atom. The minimum absolute atomic E-state index is 0.0563. The molecule has 0 radical (unpaired) electrons. The molecular weight excluding hydrogens is 320 g/mol. The van der Waals surface area contributed by atoms with E-state index in [2.05, 4.69) is 5.10 Å². The first-order valence-corrected chi connectivity index (χ1v) is 8.34. The minimum Gasteiger partial charge on any atom is -0.497 e. The van der Waals surface area contributed by atoms with E-state index in [0.29, 0.717) is 18.7 Å². The topological polar surface area (TPSA) is 68.8 Å². The average molecular weight is 342 g/mol. The molecule has 132 valence electrons. The van der Waals surface area contributed by atoms with Crippen molar-refractivity contribution in [1.82, 2.24) is 19.1 Å². The molecule has 0 atom stereocenters. The fraction of sp³-hybridized carbons (Fsp3) is 0.389. The third-order valence-electron chi connectivity index (χ3n) is 4.44. The Labute approximate surface area is 145 Å². The summed E-state index contributed by atoms with van der Waals surface area (Å²) in [7, 11) is 1.61. The number of likely N-dealkylation sites (N-methyl/N-ethyl adjacent to an activating group) is 1. The first-order chi connectivity index (χ1) is 12.0. The third-order valence-corrected chi connectivity index (χ3v) is 4.44. The van der Waals surface area contributed by atoms with Gasteiger partial charge < -0.3 is 9.64 Å². The Morgan fingerprint density at radius 1 is 1.24 bits per heavy atom. The molecule has 0 saturated carbocycles. The number of pyridine rings is 1. The molecule has 3 rings (SSSR count). The predicted octanol–water partition coefficient (Wildman–Crippen LogP) is 1.83. The summed E-state index contributed by atoms with van der Waals surface area (Å²) in [6.45, 7) is 6.90. The van der Waals surface area contributed by atoms with E-state index in [1.54, 1.807) is 16.4 Å². The number of aromatic nitrogens is 3. The summed E-state index contributed by atoms with van der Waals surface area (Å²) >= 11 is 0. The molecule has 0 spiro atoms. The highest BCUT2D eigenvalue weighted by Crippen LogP contribution is 2.23. The second-order valence-corrected chi connectivity index (χ2v) is 5.92. The van der Waals surface area contributed by atoms with Crippen molar-refractivity contribution in [3.05, 3.63) is 40.3 Å². The predicted molar refractivity (Wildman–Crippen MR) is 96.2 cm³/mol. The molecule has 3 aromatic rings. The number of hydrogen-bond acceptors (Lipinski definition) is 4. The van der Waals surface area contributed by atoms with Crippen molar-refractivity contribution < 1.29 is 9.53 Å². The Kier molecular flexibility index (Phi) is 4.48. The lowest BCUT2D eigenvalue weighted by molar-refractivity contribution is -0.131. The fourth-order valence-corrected chi connectivity index (χ4v) is 3.06. The molecule has 0 bridgehead atoms. The van der Waals surface area contributed by atoms with Gasteiger partial charge in [0.2, 0.25) is 5.91 Å². The minimum atomic E-state index is -0.311. The number of nitrogens with zero attached hydrogens (tertiary/aromatic N) is 4. The van der Waals surface area contributed by atoms with Gasteiger partial charge >= 0.3 is 5.69 Å². The maximum Gasteiger partial charge on any atom is 0.351 e. The van der Waals surface area contributed by atoms with Crippen LogP contribution in [0, 0.1) is 6.92 Å². The van der Waals surface area contributed by atoms with Crippen LogP contribution in [-0.2, 0) is 11.3 Å². The van der Waals surface area contributed by atoms with Crippen molar-refractivity contribution >= 4 is 22.5 Å². The van der Waals surface area contributed by atoms with E-state index in [1.165, 1.54) is 4.68 Å². The first kappa shape index (κ1) is 17.0. The largest absolute Gasteiger partial charge is 0.497 e. The van der Waals surface area contributed by atoms with Crippen LogP contribution >= 0.6 is 0 Å². The van der Waals surface area contributed by atoms with Crippen LogP contribution in [0.1, 0.15) is 19.4 Å². The number of carbonyl (C=O) groups is 1. The van der Waals surface area contributed by atoms with Gasteiger partial charge in [-0.15, -0.1) is 5.10 Å². The number of rotatable bonds is 5. The third kappa shape index (κ3) is 2.86. The van der Waals surface area contributed by atoms with Gasteiger partial charge in [-0.25, -0.2) is 13.9 Å². The van der Waals surface area contributed by atoms with Gasteiger partial charge in [-0.3, -0.25) is 4.79 Å². The lowest BCUT2D eigenvalue weighted by atomic mass is 10.1. The van der Waals surface area contributed by atoms with Gasteiger partial charge in [-0.1, -0.05) is 0 Å². The Morgan fingerprint density at radius 2 is 1.96 bits per heavy atom. The van der Waals surface area contributed by atoms with Crippen molar-refractivity contribution in [2.75, 3.05) is 20.2 Å². The monoisotopic (exact) mass is 342 g/mol. The molecule has 0 aliphatic carbocycles. The normalized spacial score (nSPS) is 11.2. The Hall–Kier alpha value is -2.83. The number of hydrogen-bond donors (Lipinski definition) is 0. The zero-order valence-electron chi connectivity index (χ0n) is 14.9. The van der Waals surface area contributed by atoms with Crippen LogP contribution in [0.4, 0.5) is 0 Å². The van der Waals surface area contributed by atoms with Crippen LogP contribution in [0.5, 0.6) is 5.75 Å². The van der Waals surface area contributed by atoms with Crippen LogP contribution in [-0.4, -0.2) is 45.2 Å². The SMILES string of the molecule is CCN(CC)C(=O)Cn1nc2c(C)cc3cc(OC)ccc3n2c1=O. The average Bonchev–Trinajstić information content (AvgIpc) is 2.93. The van der Waals surface area contributed by atoms with Crippen molar-refractivity contribution in [1.29, 1.82) is 0 Å². The quantitative estimate of drug-likeness (QED) is 0.709. The number of ether oxygens (including phenoxy) is 1. The summed E-state index contributed by atoms with van der Waals surface area (Å²) in [5, 5.41) is 5.27. The Balaban J connectivity index is 2.16. The first-order valence-electron chi connectivity index (χ1n) is 8.34. The van der Waals surface area contributed by atoms with Crippen molar-refractivity contribution in [2.24, 2.45) is 0 Å². The van der Waals surface area contributed by atoms with Crippen LogP contribution in [0.2, 0.25) is 0 Å². The second-order valence-electron chi connectivity index (χ2n) is 5.92. The lowest BCUT2D eigenvalue weighted by Gasteiger charge is -2.17. The van der Waals surface area contributed by atoms with Gasteiger partial charge in [0, 0.05) is 18.5 Å². The number of fused-ring (bicyclic) bond motifs is 3. The van der Waals surface area contributed by atoms with Gasteiger partial charge in [-0.05, 0) is 50.6 Å². The van der Waals surface area contributed by atoms with Gasteiger partial charge in [0.15, 0.2) is 5.65 Å². The van der Waals surface area contributed by atoms with Crippen molar-refractivity contribution in [3.8, 4) is 5.75 Å². The van der Waals surface area contributed by atoms with E-state index >= 15 is 0 Å². The number of amides is 1. The molecule has 25 heavy (non-hydrogen) atoms. The summed E-state index contributed by atoms with van der Waals surface area (Å²) in [6.07, 6.45) is 0. The number of aryl methyl sites for hydroxylation is 1. The van der Waals surface area contributed by atoms with Gasteiger partial charge in [0.25, 0.3) is 0 Å². The van der Waals surface area contributed by atoms with Gasteiger partial charge in [0.1, 0.15) is 12.3 Å². The van der Waals surface area contributed by atoms with Crippen LogP contribution < -0.4 is 10.4 Å². The maximum absolute atomic E-state index is 12.8. The highest BCUT2D eigenvalue weighted by molar-refractivity contribution is 5.84. The van der Waals surface area contributed by atoms with Crippen LogP contribution in [0.3, 0.4) is 0 Å². The van der Waals surface area contributed by atoms with E-state index in [4.69, 9.17) is 4.74 Å². The molecule has 0 aliphatic heterocycles. The summed E-state index contributed by atoms with van der Waals surface area (Å²) in [5.74, 6) is 0.613. The molecular formula is C18H22N4O3. The highest BCUT2D eigenvalue weighted by Gasteiger charge is 2.17. The van der Waals surface area contributed by atoms with E-state index in [9.17, 15) is 9.59 Å². The van der Waals surface area contributed by atoms with Gasteiger partial charge in [0.05, 0.1) is 12.6 Å². The molecule has 0 unspecified atom stereocenters. The van der Waals surface area contributed by atoms with Crippen LogP contribution in [0.25, 0.3) is 16.6 Å². The molecule has 1 aromatic carbocycles. The summed E-state index contributed by atoms with van der Waals surface area (Å²) < 4.78 is 8.05. The summed E-state index contributed by atoms with van der Waals surface area (Å²) in [6, 6.07) is 7.49. The lowest BCUT2D eigenvalue weighted by Crippen LogP contribution is -2.36. The number of carbonyl (C=O) groups excluding carboxylic acids is 1. The molecule has 2 heterocycles. The summed E-state index contributed by atoms with van der Waals surface area (Å²) in [4.78, 5) is 26.9. The highest BCUT2D eigenvalue weighted by atomic mass is 16.5. The molecule has 7 nitrogen and oxygen atoms in total. The van der Waals surface area contributed by atoms with E-state index in [-0.39, 0.29) is 18.1 Å². The molecule has 0 saturated heterocycles. The molecule has 1 amide bonds. The zero-order valence-corrected chi connectivity index (χ0v) is 14.9. The zero-order chi connectivity index (χ0) is 18.1. The molecule has 2 aromatic heterocycles. The number of benzene rings is 1. The fourth-order valence-electron chi connectivity index (χ4n) is 3.06. The Bertz CT molecular complexity index is 999.